The Morgan fingerprint density at radius 2 is 1.94 bits per heavy atom. The van der Waals surface area contributed by atoms with Crippen molar-refractivity contribution in [2.24, 2.45) is 5.73 Å². The third-order valence-electron chi connectivity index (χ3n) is 2.45. The Kier molecular flexibility index (Phi) is 9.03. The number of methoxy groups -OCH3 is 1. The SMILES string of the molecule is COCCN(CCCN(C)C)C(=O)CC(C)N. The van der Waals surface area contributed by atoms with Crippen molar-refractivity contribution in [3.63, 3.8) is 0 Å². The number of amides is 1. The van der Waals surface area contributed by atoms with Gasteiger partial charge in [0.1, 0.15) is 0 Å². The van der Waals surface area contributed by atoms with Gasteiger partial charge in [0, 0.05) is 32.7 Å². The summed E-state index contributed by atoms with van der Waals surface area (Å²) in [5.41, 5.74) is 5.65. The van der Waals surface area contributed by atoms with Gasteiger partial charge in [0.2, 0.25) is 5.91 Å². The van der Waals surface area contributed by atoms with E-state index in [2.05, 4.69) is 4.90 Å². The minimum atomic E-state index is -0.0820. The summed E-state index contributed by atoms with van der Waals surface area (Å²) >= 11 is 0. The van der Waals surface area contributed by atoms with Crippen molar-refractivity contribution in [2.75, 3.05) is 47.4 Å². The lowest BCUT2D eigenvalue weighted by Crippen LogP contribution is -2.38. The minimum Gasteiger partial charge on any atom is -0.383 e. The van der Waals surface area contributed by atoms with Crippen LogP contribution in [0, 0.1) is 0 Å². The average Bonchev–Trinajstić information content (AvgIpc) is 2.21. The highest BCUT2D eigenvalue weighted by atomic mass is 16.5. The van der Waals surface area contributed by atoms with Gasteiger partial charge in [-0.3, -0.25) is 4.79 Å². The van der Waals surface area contributed by atoms with Crippen LogP contribution in [0.5, 0.6) is 0 Å². The normalized spacial score (nSPS) is 12.8. The maximum atomic E-state index is 11.9. The van der Waals surface area contributed by atoms with Gasteiger partial charge in [-0.1, -0.05) is 0 Å². The second kappa shape index (κ2) is 9.39. The van der Waals surface area contributed by atoms with E-state index >= 15 is 0 Å². The second-order valence-corrected chi connectivity index (χ2v) is 4.71. The van der Waals surface area contributed by atoms with Gasteiger partial charge >= 0.3 is 0 Å². The van der Waals surface area contributed by atoms with E-state index in [0.29, 0.717) is 19.6 Å². The number of nitrogens with two attached hydrogens (primary N) is 1. The molecular weight excluding hydrogens is 218 g/mol. The Hall–Kier alpha value is -0.650. The van der Waals surface area contributed by atoms with Gasteiger partial charge in [-0.05, 0) is 34.0 Å². The lowest BCUT2D eigenvalue weighted by molar-refractivity contribution is -0.132. The zero-order chi connectivity index (χ0) is 13.3. The summed E-state index contributed by atoms with van der Waals surface area (Å²) in [6.07, 6.45) is 1.38. The monoisotopic (exact) mass is 245 g/mol. The lowest BCUT2D eigenvalue weighted by Gasteiger charge is -2.24. The average molecular weight is 245 g/mol. The fourth-order valence-corrected chi connectivity index (χ4v) is 1.55. The third-order valence-corrected chi connectivity index (χ3v) is 2.45. The van der Waals surface area contributed by atoms with Gasteiger partial charge in [-0.15, -0.1) is 0 Å². The molecule has 0 fully saturated rings. The van der Waals surface area contributed by atoms with Crippen molar-refractivity contribution >= 4 is 5.91 Å². The molecule has 0 aliphatic heterocycles. The van der Waals surface area contributed by atoms with Crippen molar-refractivity contribution in [1.82, 2.24) is 9.80 Å². The summed E-state index contributed by atoms with van der Waals surface area (Å²) in [6, 6.07) is -0.0820. The number of carbonyl (C=O) groups is 1. The minimum absolute atomic E-state index is 0.0820. The first kappa shape index (κ1) is 16.4. The summed E-state index contributed by atoms with van der Waals surface area (Å²) < 4.78 is 5.02. The first-order valence-electron chi connectivity index (χ1n) is 6.14. The van der Waals surface area contributed by atoms with Crippen LogP contribution in [-0.4, -0.2) is 69.2 Å². The Morgan fingerprint density at radius 1 is 1.29 bits per heavy atom. The predicted octanol–water partition coefficient (Wildman–Crippen LogP) is 0.150. The zero-order valence-corrected chi connectivity index (χ0v) is 11.6. The van der Waals surface area contributed by atoms with E-state index in [1.54, 1.807) is 7.11 Å². The number of nitrogens with zero attached hydrogens (tertiary/aromatic N) is 2. The van der Waals surface area contributed by atoms with Crippen molar-refractivity contribution < 1.29 is 9.53 Å². The quantitative estimate of drug-likeness (QED) is 0.628. The van der Waals surface area contributed by atoms with E-state index in [1.165, 1.54) is 0 Å². The van der Waals surface area contributed by atoms with Crippen LogP contribution in [0.4, 0.5) is 0 Å². The van der Waals surface area contributed by atoms with Gasteiger partial charge in [-0.25, -0.2) is 0 Å². The molecular formula is C12H27N3O2. The standard InChI is InChI=1S/C12H27N3O2/c1-11(13)10-12(16)15(8-9-17-4)7-5-6-14(2)3/h11H,5-10,13H2,1-4H3. The first-order valence-corrected chi connectivity index (χ1v) is 6.14. The fourth-order valence-electron chi connectivity index (χ4n) is 1.55. The van der Waals surface area contributed by atoms with Crippen molar-refractivity contribution in [1.29, 1.82) is 0 Å². The highest BCUT2D eigenvalue weighted by Crippen LogP contribution is 2.00. The topological polar surface area (TPSA) is 58.8 Å². The highest BCUT2D eigenvalue weighted by molar-refractivity contribution is 5.76. The summed E-state index contributed by atoms with van der Waals surface area (Å²) in [7, 11) is 5.71. The molecule has 5 heteroatoms. The smallest absolute Gasteiger partial charge is 0.224 e. The van der Waals surface area contributed by atoms with Crippen LogP contribution in [0.15, 0.2) is 0 Å². The van der Waals surface area contributed by atoms with Gasteiger partial charge in [0.25, 0.3) is 0 Å². The van der Waals surface area contributed by atoms with Crippen LogP contribution >= 0.6 is 0 Å². The molecule has 0 bridgehead atoms. The largest absolute Gasteiger partial charge is 0.383 e. The molecule has 17 heavy (non-hydrogen) atoms. The van der Waals surface area contributed by atoms with Crippen LogP contribution in [0.25, 0.3) is 0 Å². The third kappa shape index (κ3) is 9.09. The maximum Gasteiger partial charge on any atom is 0.224 e. The van der Waals surface area contributed by atoms with Gasteiger partial charge in [-0.2, -0.15) is 0 Å². The molecule has 2 N–H and O–H groups in total. The molecule has 102 valence electrons. The van der Waals surface area contributed by atoms with Crippen molar-refractivity contribution in [3.05, 3.63) is 0 Å². The van der Waals surface area contributed by atoms with Crippen molar-refractivity contribution in [2.45, 2.75) is 25.8 Å². The van der Waals surface area contributed by atoms with Crippen LogP contribution in [0.3, 0.4) is 0 Å². The molecule has 0 saturated carbocycles. The highest BCUT2D eigenvalue weighted by Gasteiger charge is 2.14. The molecule has 1 amide bonds. The molecule has 1 atom stereocenters. The molecule has 5 nitrogen and oxygen atoms in total. The van der Waals surface area contributed by atoms with Crippen LogP contribution < -0.4 is 5.73 Å². The molecule has 0 saturated heterocycles. The number of rotatable bonds is 9. The van der Waals surface area contributed by atoms with Crippen LogP contribution in [-0.2, 0) is 9.53 Å². The van der Waals surface area contributed by atoms with Gasteiger partial charge < -0.3 is 20.3 Å². The van der Waals surface area contributed by atoms with E-state index in [-0.39, 0.29) is 11.9 Å². The molecule has 0 aromatic rings. The first-order chi connectivity index (χ1) is 7.97. The molecule has 0 aliphatic rings. The van der Waals surface area contributed by atoms with E-state index < -0.39 is 0 Å². The van der Waals surface area contributed by atoms with Crippen molar-refractivity contribution in [3.8, 4) is 0 Å². The van der Waals surface area contributed by atoms with E-state index in [1.807, 2.05) is 25.9 Å². The molecule has 0 rings (SSSR count). The summed E-state index contributed by atoms with van der Waals surface area (Å²) in [6.45, 7) is 4.83. The fraction of sp³-hybridized carbons (Fsp3) is 0.917. The molecule has 0 aliphatic carbocycles. The van der Waals surface area contributed by atoms with E-state index in [9.17, 15) is 4.79 Å². The van der Waals surface area contributed by atoms with Gasteiger partial charge in [0.05, 0.1) is 6.61 Å². The van der Waals surface area contributed by atoms with E-state index in [4.69, 9.17) is 10.5 Å². The second-order valence-electron chi connectivity index (χ2n) is 4.71. The number of carbonyl (C=O) groups excluding carboxylic acids is 1. The Balaban J connectivity index is 4.07. The predicted molar refractivity (Wildman–Crippen MR) is 69.9 cm³/mol. The number of hydrogen-bond donors (Lipinski definition) is 1. The number of ether oxygens (including phenoxy) is 1. The molecule has 1 unspecified atom stereocenters. The summed E-state index contributed by atoms with van der Waals surface area (Å²) in [5.74, 6) is 0.121. The molecule has 0 heterocycles. The van der Waals surface area contributed by atoms with Crippen LogP contribution in [0.2, 0.25) is 0 Å². The Bertz CT molecular complexity index is 208. The summed E-state index contributed by atoms with van der Waals surface area (Å²) in [5, 5.41) is 0. The zero-order valence-electron chi connectivity index (χ0n) is 11.6. The van der Waals surface area contributed by atoms with E-state index in [0.717, 1.165) is 19.5 Å². The molecule has 0 spiro atoms. The Morgan fingerprint density at radius 3 is 2.41 bits per heavy atom. The molecule has 0 aromatic carbocycles. The number of hydrogen-bond acceptors (Lipinski definition) is 4. The van der Waals surface area contributed by atoms with Crippen LogP contribution in [0.1, 0.15) is 19.8 Å². The lowest BCUT2D eigenvalue weighted by atomic mass is 10.2. The Labute approximate surface area is 105 Å². The molecule has 0 radical (unpaired) electrons. The molecule has 0 aromatic heterocycles. The van der Waals surface area contributed by atoms with Gasteiger partial charge in [0.15, 0.2) is 0 Å². The summed E-state index contributed by atoms with van der Waals surface area (Å²) in [4.78, 5) is 15.9. The maximum absolute atomic E-state index is 11.9.